The molecule has 1 N–H and O–H groups in total. The number of hydrogen-bond acceptors (Lipinski definition) is 4. The van der Waals surface area contributed by atoms with Gasteiger partial charge in [0.2, 0.25) is 0 Å². The first-order valence-corrected chi connectivity index (χ1v) is 21.3. The molecule has 7 saturated carbocycles. The number of ether oxygens (including phenoxy) is 2. The Bertz CT molecular complexity index is 1060. The third-order valence-corrected chi connectivity index (χ3v) is 16.3. The van der Waals surface area contributed by atoms with Gasteiger partial charge in [0.25, 0.3) is 0 Å². The van der Waals surface area contributed by atoms with E-state index in [2.05, 4.69) is 12.2 Å². The molecule has 0 aromatic carbocycles. The lowest BCUT2D eigenvalue weighted by Crippen LogP contribution is -2.80. The highest BCUT2D eigenvalue weighted by molar-refractivity contribution is 5.69. The van der Waals surface area contributed by atoms with Crippen LogP contribution in [0.15, 0.2) is 12.2 Å². The number of aliphatic hydroxyl groups excluding tert-OH is 1. The molecule has 4 heteroatoms. The lowest BCUT2D eigenvalue weighted by Gasteiger charge is -2.85. The summed E-state index contributed by atoms with van der Waals surface area (Å²) in [6, 6.07) is 0. The molecule has 264 valence electrons. The minimum absolute atomic E-state index is 0.0828. The molecule has 7 fully saturated rings. The Balaban J connectivity index is 0.576. The van der Waals surface area contributed by atoms with E-state index in [0.29, 0.717) is 13.0 Å². The molecule has 0 aromatic rings. The van der Waals surface area contributed by atoms with Crippen molar-refractivity contribution in [3.8, 4) is 0 Å². The van der Waals surface area contributed by atoms with E-state index in [1.165, 1.54) is 132 Å². The third kappa shape index (κ3) is 6.56. The fraction of sp³-hybridized carbons (Fsp3) is 0.930. The van der Waals surface area contributed by atoms with Crippen LogP contribution in [0, 0.1) is 82.9 Å². The highest BCUT2D eigenvalue weighted by Crippen LogP contribution is 2.84. The van der Waals surface area contributed by atoms with E-state index < -0.39 is 0 Å². The number of hydrogen-bond donors (Lipinski definition) is 1. The standard InChI is InChI=1S/C43H68O4/c44-26-30(46-23-13-7-2-1-4-8-14-28-19-20-33-31-16-11-12-17-32(31)36(33)24-28)27-47-38(45)18-10-6-3-5-9-15-29-25-37-39(29)43-41-35-22-21-34(35)40(41)42(37)43/h11,16,28-37,39-44H,1-10,12-15,17-27H2/t28?,29?,30-,31?,32?,33?,34?,35?,36?,37?,39?,40?,41?,42?,43?/m0/s1. The van der Waals surface area contributed by atoms with E-state index in [0.717, 1.165) is 66.6 Å². The number of fused-ring (bicyclic) bond motifs is 14. The molecule has 8 rings (SSSR count). The second-order valence-electron chi connectivity index (χ2n) is 18.3. The van der Waals surface area contributed by atoms with Crippen molar-refractivity contribution in [2.75, 3.05) is 19.8 Å². The van der Waals surface area contributed by atoms with Crippen molar-refractivity contribution in [1.82, 2.24) is 0 Å². The number of carbonyl (C=O) groups excluding carboxylic acids is 1. The number of carbonyl (C=O) groups is 1. The van der Waals surface area contributed by atoms with Crippen LogP contribution in [-0.2, 0) is 14.3 Å². The molecule has 15 atom stereocenters. The van der Waals surface area contributed by atoms with Gasteiger partial charge in [-0.05, 0) is 141 Å². The molecule has 0 saturated heterocycles. The molecule has 0 radical (unpaired) electrons. The van der Waals surface area contributed by atoms with Crippen LogP contribution in [0.2, 0.25) is 0 Å². The summed E-state index contributed by atoms with van der Waals surface area (Å²) >= 11 is 0. The molecule has 0 aromatic heterocycles. The maximum atomic E-state index is 12.3. The summed E-state index contributed by atoms with van der Waals surface area (Å²) in [6.45, 7) is 0.751. The Morgan fingerprint density at radius 1 is 0.660 bits per heavy atom. The Kier molecular flexibility index (Phi) is 10.7. The predicted molar refractivity (Wildman–Crippen MR) is 187 cm³/mol. The van der Waals surface area contributed by atoms with Crippen LogP contribution in [0.3, 0.4) is 0 Å². The van der Waals surface area contributed by atoms with Crippen LogP contribution in [0.25, 0.3) is 0 Å². The summed E-state index contributed by atoms with van der Waals surface area (Å²) in [4.78, 5) is 12.3. The molecular formula is C43H68O4. The molecule has 8 aliphatic carbocycles. The third-order valence-electron chi connectivity index (χ3n) is 16.3. The van der Waals surface area contributed by atoms with Crippen LogP contribution in [0.1, 0.15) is 141 Å². The first-order valence-electron chi connectivity index (χ1n) is 21.3. The summed E-state index contributed by atoms with van der Waals surface area (Å²) in [5.74, 6) is 15.5. The second-order valence-corrected chi connectivity index (χ2v) is 18.3. The largest absolute Gasteiger partial charge is 0.463 e. The van der Waals surface area contributed by atoms with Crippen molar-refractivity contribution in [2.45, 2.75) is 147 Å². The molecule has 8 aliphatic rings. The Labute approximate surface area is 287 Å². The van der Waals surface area contributed by atoms with Gasteiger partial charge in [0.05, 0.1) is 6.61 Å². The van der Waals surface area contributed by atoms with Crippen molar-refractivity contribution >= 4 is 5.97 Å². The van der Waals surface area contributed by atoms with Crippen molar-refractivity contribution < 1.29 is 19.4 Å². The zero-order valence-electron chi connectivity index (χ0n) is 29.7. The second kappa shape index (κ2) is 15.2. The van der Waals surface area contributed by atoms with E-state index in [1.807, 2.05) is 0 Å². The van der Waals surface area contributed by atoms with Crippen LogP contribution >= 0.6 is 0 Å². The minimum atomic E-state index is -0.382. The zero-order chi connectivity index (χ0) is 31.7. The predicted octanol–water partition coefficient (Wildman–Crippen LogP) is 9.78. The van der Waals surface area contributed by atoms with Gasteiger partial charge in [0.15, 0.2) is 0 Å². The average molecular weight is 649 g/mol. The number of unbranched alkanes of at least 4 members (excludes halogenated alkanes) is 9. The minimum Gasteiger partial charge on any atom is -0.463 e. The van der Waals surface area contributed by atoms with Crippen molar-refractivity contribution in [3.63, 3.8) is 0 Å². The first kappa shape index (κ1) is 33.3. The Morgan fingerprint density at radius 3 is 2.15 bits per heavy atom. The van der Waals surface area contributed by atoms with Gasteiger partial charge in [0, 0.05) is 13.0 Å². The molecule has 4 nitrogen and oxygen atoms in total. The summed E-state index contributed by atoms with van der Waals surface area (Å²) in [7, 11) is 0. The molecule has 0 spiro atoms. The first-order chi connectivity index (χ1) is 23.2. The average Bonchev–Trinajstić information content (AvgIpc) is 3.06. The highest BCUT2D eigenvalue weighted by Gasteiger charge is 2.79. The van der Waals surface area contributed by atoms with E-state index in [4.69, 9.17) is 9.47 Å². The topological polar surface area (TPSA) is 55.8 Å². The van der Waals surface area contributed by atoms with Gasteiger partial charge in [-0.25, -0.2) is 0 Å². The number of aliphatic hydroxyl groups is 1. The molecule has 0 aliphatic heterocycles. The fourth-order valence-corrected chi connectivity index (χ4v) is 13.8. The van der Waals surface area contributed by atoms with E-state index in [9.17, 15) is 9.90 Å². The van der Waals surface area contributed by atoms with Gasteiger partial charge in [-0.1, -0.05) is 89.2 Å². The Hall–Kier alpha value is -0.870. The molecule has 0 bridgehead atoms. The molecule has 0 amide bonds. The quantitative estimate of drug-likeness (QED) is 0.0583. The normalized spacial score (nSPS) is 43.3. The van der Waals surface area contributed by atoms with Gasteiger partial charge < -0.3 is 14.6 Å². The van der Waals surface area contributed by atoms with Gasteiger partial charge in [-0.15, -0.1) is 0 Å². The summed E-state index contributed by atoms with van der Waals surface area (Å²) in [6.07, 6.45) is 33.7. The molecular weight excluding hydrogens is 580 g/mol. The summed E-state index contributed by atoms with van der Waals surface area (Å²) in [5.41, 5.74) is 0. The monoisotopic (exact) mass is 649 g/mol. The molecule has 47 heavy (non-hydrogen) atoms. The summed E-state index contributed by atoms with van der Waals surface area (Å²) < 4.78 is 11.3. The van der Waals surface area contributed by atoms with Crippen LogP contribution in [0.4, 0.5) is 0 Å². The van der Waals surface area contributed by atoms with E-state index >= 15 is 0 Å². The lowest BCUT2D eigenvalue weighted by atomic mass is 9.20. The van der Waals surface area contributed by atoms with E-state index in [-0.39, 0.29) is 25.3 Å². The number of rotatable bonds is 21. The number of esters is 1. The maximum absolute atomic E-state index is 12.3. The van der Waals surface area contributed by atoms with Crippen molar-refractivity contribution in [2.24, 2.45) is 82.9 Å². The lowest BCUT2D eigenvalue weighted by molar-refractivity contribution is -0.375. The summed E-state index contributed by atoms with van der Waals surface area (Å²) in [5, 5.41) is 9.69. The van der Waals surface area contributed by atoms with Crippen LogP contribution in [-0.4, -0.2) is 37.0 Å². The van der Waals surface area contributed by atoms with Gasteiger partial charge in [-0.2, -0.15) is 0 Å². The fourth-order valence-electron chi connectivity index (χ4n) is 13.8. The maximum Gasteiger partial charge on any atom is 0.305 e. The van der Waals surface area contributed by atoms with E-state index in [1.54, 1.807) is 19.3 Å². The molecule has 14 unspecified atom stereocenters. The van der Waals surface area contributed by atoms with Crippen LogP contribution in [0.5, 0.6) is 0 Å². The van der Waals surface area contributed by atoms with Crippen molar-refractivity contribution in [3.05, 3.63) is 12.2 Å². The van der Waals surface area contributed by atoms with Crippen molar-refractivity contribution in [1.29, 1.82) is 0 Å². The van der Waals surface area contributed by atoms with Gasteiger partial charge >= 0.3 is 5.97 Å². The molecule has 0 heterocycles. The highest BCUT2D eigenvalue weighted by atomic mass is 16.6. The SMILES string of the molecule is O=C(CCCCCCCC1CC2C1C1C3C4CCC4C3C21)OC[C@H](CO)OCCCCCCCCC1CCC2C3C=CCCC3C2C1. The smallest absolute Gasteiger partial charge is 0.305 e. The van der Waals surface area contributed by atoms with Gasteiger partial charge in [0.1, 0.15) is 12.7 Å². The van der Waals surface area contributed by atoms with Gasteiger partial charge in [-0.3, -0.25) is 4.79 Å². The zero-order valence-corrected chi connectivity index (χ0v) is 29.7. The number of allylic oxidation sites excluding steroid dienone is 2. The Morgan fingerprint density at radius 2 is 1.34 bits per heavy atom. The van der Waals surface area contributed by atoms with Crippen LogP contribution < -0.4 is 0 Å².